The minimum absolute atomic E-state index is 0.0455. The van der Waals surface area contributed by atoms with Gasteiger partial charge in [-0.3, -0.25) is 0 Å². The molecule has 2 amide bonds. The molecule has 90 heavy (non-hydrogen) atoms. The second-order valence-corrected chi connectivity index (χ2v) is 22.3. The van der Waals surface area contributed by atoms with Gasteiger partial charge in [-0.1, -0.05) is 194 Å². The second-order valence-electron chi connectivity index (χ2n) is 22.3. The average molecular weight is 1200 g/mol. The molecule has 0 saturated heterocycles. The van der Waals surface area contributed by atoms with Crippen LogP contribution in [0, 0.1) is 0 Å². The van der Waals surface area contributed by atoms with E-state index in [4.69, 9.17) is 18.9 Å². The van der Waals surface area contributed by atoms with Crippen LogP contribution in [0.25, 0.3) is 44.5 Å². The summed E-state index contributed by atoms with van der Waals surface area (Å²) in [5.74, 6) is -3.07. The zero-order valence-corrected chi connectivity index (χ0v) is 48.3. The van der Waals surface area contributed by atoms with Gasteiger partial charge in [-0.15, -0.1) is 0 Å². The molecule has 0 aliphatic heterocycles. The number of rotatable bonds is 16. The maximum absolute atomic E-state index is 13.2. The number of nitrogens with zero attached hydrogens (tertiary/aromatic N) is 4. The van der Waals surface area contributed by atoms with Crippen molar-refractivity contribution >= 4 is 36.3 Å². The molecule has 2 aromatic heterocycles. The molecule has 0 radical (unpaired) electrons. The number of benzene rings is 8. The van der Waals surface area contributed by atoms with Gasteiger partial charge < -0.3 is 39.8 Å². The van der Waals surface area contributed by atoms with Gasteiger partial charge in [0.2, 0.25) is 0 Å². The molecule has 18 nitrogen and oxygen atoms in total. The summed E-state index contributed by atoms with van der Waals surface area (Å²) in [5, 5.41) is 24.6. The van der Waals surface area contributed by atoms with E-state index in [1.54, 1.807) is 0 Å². The number of imidazole rings is 2. The van der Waals surface area contributed by atoms with Gasteiger partial charge in [0.1, 0.15) is 51.2 Å². The van der Waals surface area contributed by atoms with Crippen LogP contribution in [-0.4, -0.2) is 104 Å². The third-order valence-electron chi connectivity index (χ3n) is 17.1. The monoisotopic (exact) mass is 1200 g/mol. The maximum Gasteiger partial charge on any atom is 0.419 e. The van der Waals surface area contributed by atoms with Crippen LogP contribution in [0.15, 0.2) is 219 Å². The average Bonchev–Trinajstić information content (AvgIpc) is 1.90. The Morgan fingerprint density at radius 3 is 1.03 bits per heavy atom. The van der Waals surface area contributed by atoms with Gasteiger partial charge in [-0.2, -0.15) is 0 Å². The van der Waals surface area contributed by atoms with Crippen LogP contribution >= 0.6 is 0 Å². The van der Waals surface area contributed by atoms with E-state index in [1.165, 1.54) is 34.2 Å². The Kier molecular flexibility index (Phi) is 16.1. The number of carbonyl (C=O) groups is 6. The van der Waals surface area contributed by atoms with Crippen molar-refractivity contribution in [3.63, 3.8) is 0 Å². The Morgan fingerprint density at radius 2 is 0.700 bits per heavy atom. The molecule has 2 heterocycles. The van der Waals surface area contributed by atoms with Crippen LogP contribution < -0.4 is 10.6 Å². The highest BCUT2D eigenvalue weighted by atomic mass is 16.6. The fraction of sp³-hybridized carbons (Fsp3) is 0.167. The molecular formula is C72H58N6O12. The molecule has 4 aliphatic rings. The highest BCUT2D eigenvalue weighted by Crippen LogP contribution is 2.48. The number of aliphatic carboxylic acids is 2. The highest BCUT2D eigenvalue weighted by Gasteiger charge is 2.35. The summed E-state index contributed by atoms with van der Waals surface area (Å²) < 4.78 is 24.8. The quantitative estimate of drug-likeness (QED) is 0.0658. The molecule has 0 spiro atoms. The molecule has 0 unspecified atom stereocenters. The summed E-state index contributed by atoms with van der Waals surface area (Å²) in [4.78, 5) is 84.0. The first-order valence-corrected chi connectivity index (χ1v) is 29.4. The number of aromatic nitrogens is 4. The third-order valence-corrected chi connectivity index (χ3v) is 17.1. The van der Waals surface area contributed by atoms with Crippen molar-refractivity contribution in [2.75, 3.05) is 26.4 Å². The van der Waals surface area contributed by atoms with Crippen LogP contribution in [0.3, 0.4) is 0 Å². The van der Waals surface area contributed by atoms with Crippen molar-refractivity contribution < 1.29 is 57.9 Å². The van der Waals surface area contributed by atoms with Crippen molar-refractivity contribution in [2.24, 2.45) is 0 Å². The number of amides is 2. The smallest absolute Gasteiger partial charge is 0.419 e. The molecular weight excluding hydrogens is 1140 g/mol. The van der Waals surface area contributed by atoms with E-state index in [9.17, 15) is 39.0 Å². The lowest BCUT2D eigenvalue weighted by Gasteiger charge is -2.18. The largest absolute Gasteiger partial charge is 0.480 e. The normalized spacial score (nSPS) is 13.7. The molecule has 0 saturated carbocycles. The number of hydrogen-bond acceptors (Lipinski definition) is 12. The Labute approximate surface area is 516 Å². The zero-order valence-electron chi connectivity index (χ0n) is 48.3. The third kappa shape index (κ3) is 11.4. The topological polar surface area (TPSA) is 239 Å². The summed E-state index contributed by atoms with van der Waals surface area (Å²) in [6.07, 6.45) is 1.97. The summed E-state index contributed by atoms with van der Waals surface area (Å²) in [5.41, 5.74) is 18.0. The molecule has 18 heteroatoms. The first-order valence-electron chi connectivity index (χ1n) is 29.4. The SMILES string of the molecule is O=C(N[C@H](Cc1cn(C(=O)OCC2c3ccccc3-c3ccccc32)cn1)C(=O)O)OCC1c2ccccc2-c2ccccc21.O=C(N[C@H](Cc1cncn1C(=O)OCC1c2ccccc2-c2ccccc21)C(=O)O)OCC1c2ccccc2-c2ccccc21. The number of carboxylic acid groups (broad SMARTS) is 2. The van der Waals surface area contributed by atoms with Crippen LogP contribution in [0.5, 0.6) is 0 Å². The van der Waals surface area contributed by atoms with Gasteiger partial charge in [0.25, 0.3) is 0 Å². The van der Waals surface area contributed by atoms with E-state index in [0.29, 0.717) is 5.69 Å². The van der Waals surface area contributed by atoms with Crippen LogP contribution in [0.1, 0.15) is 79.6 Å². The van der Waals surface area contributed by atoms with Gasteiger partial charge in [-0.05, 0) is 89.0 Å². The van der Waals surface area contributed by atoms with Crippen LogP contribution in [0.2, 0.25) is 0 Å². The number of hydrogen-bond donors (Lipinski definition) is 4. The first kappa shape index (κ1) is 57.7. The number of carbonyl (C=O) groups excluding carboxylic acids is 4. The summed E-state index contributed by atoms with van der Waals surface area (Å²) in [7, 11) is 0. The minimum Gasteiger partial charge on any atom is -0.480 e. The fourth-order valence-electron chi connectivity index (χ4n) is 12.9. The molecule has 4 aliphatic carbocycles. The number of ether oxygens (including phenoxy) is 4. The van der Waals surface area contributed by atoms with E-state index in [2.05, 4.69) is 44.9 Å². The van der Waals surface area contributed by atoms with Gasteiger partial charge in [0.05, 0.1) is 11.4 Å². The number of fused-ring (bicyclic) bond motifs is 12. The Hall–Kier alpha value is -11.4. The van der Waals surface area contributed by atoms with E-state index in [1.807, 2.05) is 170 Å². The summed E-state index contributed by atoms with van der Waals surface area (Å²) in [6.45, 7) is 0.346. The maximum atomic E-state index is 13.2. The fourth-order valence-corrected chi connectivity index (χ4v) is 12.9. The molecule has 8 aromatic carbocycles. The lowest BCUT2D eigenvalue weighted by molar-refractivity contribution is -0.140. The van der Waals surface area contributed by atoms with Crippen molar-refractivity contribution in [1.82, 2.24) is 29.7 Å². The Morgan fingerprint density at radius 1 is 0.400 bits per heavy atom. The Balaban J connectivity index is 0.000000165. The summed E-state index contributed by atoms with van der Waals surface area (Å²) in [6, 6.07) is 61.3. The predicted molar refractivity (Wildman–Crippen MR) is 332 cm³/mol. The van der Waals surface area contributed by atoms with Crippen molar-refractivity contribution in [2.45, 2.75) is 48.6 Å². The van der Waals surface area contributed by atoms with Gasteiger partial charge in [0.15, 0.2) is 0 Å². The van der Waals surface area contributed by atoms with E-state index in [0.717, 1.165) is 89.0 Å². The molecule has 0 bridgehead atoms. The van der Waals surface area contributed by atoms with Gasteiger partial charge in [0, 0.05) is 48.9 Å². The molecule has 14 rings (SSSR count). The van der Waals surface area contributed by atoms with Crippen molar-refractivity contribution in [1.29, 1.82) is 0 Å². The number of nitrogens with one attached hydrogen (secondary N) is 2. The van der Waals surface area contributed by atoms with Gasteiger partial charge >= 0.3 is 36.3 Å². The summed E-state index contributed by atoms with van der Waals surface area (Å²) >= 11 is 0. The number of carboxylic acids is 2. The molecule has 4 N–H and O–H groups in total. The van der Waals surface area contributed by atoms with E-state index >= 15 is 0 Å². The minimum atomic E-state index is -1.36. The van der Waals surface area contributed by atoms with Crippen molar-refractivity contribution in [3.05, 3.63) is 275 Å². The Bertz CT molecular complexity index is 4240. The number of alkyl carbamates (subject to hydrolysis) is 2. The standard InChI is InChI=1S/2C36H29N3O6/c40-34(41)33(38-35(42)44-19-31-27-13-5-1-9-23(27)24-10-2-6-14-28(24)31)17-22-18-39(21-37-22)36(43)45-20-32-29-15-7-3-11-25(29)26-12-4-8-16-30(26)32;40-34(41)33(38-35(42)44-19-31-27-13-5-1-9-23(27)24-10-2-6-14-28(24)31)17-22-18-37-21-39(22)36(43)45-20-32-29-15-7-3-11-25(29)26-12-4-8-16-30(26)32/h2*1-16,18,21,31-33H,17,19-20H2,(H,38,42)(H,40,41)/t2*33-/m11/s1. The predicted octanol–water partition coefficient (Wildman–Crippen LogP) is 12.4. The van der Waals surface area contributed by atoms with Crippen LogP contribution in [0.4, 0.5) is 19.2 Å². The first-order chi connectivity index (χ1) is 44.0. The highest BCUT2D eigenvalue weighted by molar-refractivity contribution is 5.85. The molecule has 2 atom stereocenters. The molecule has 0 fully saturated rings. The molecule has 10 aromatic rings. The van der Waals surface area contributed by atoms with E-state index < -0.39 is 48.4 Å². The van der Waals surface area contributed by atoms with Crippen LogP contribution in [-0.2, 0) is 41.4 Å². The lowest BCUT2D eigenvalue weighted by atomic mass is 9.98. The second kappa shape index (κ2) is 25.1. The lowest BCUT2D eigenvalue weighted by Crippen LogP contribution is -2.43. The van der Waals surface area contributed by atoms with Gasteiger partial charge in [-0.25, -0.2) is 47.9 Å². The molecule has 448 valence electrons. The van der Waals surface area contributed by atoms with Crippen molar-refractivity contribution in [3.8, 4) is 44.5 Å². The van der Waals surface area contributed by atoms with E-state index in [-0.39, 0.29) is 68.6 Å². The zero-order chi connectivity index (χ0) is 61.8.